The normalized spacial score (nSPS) is 13.4. The summed E-state index contributed by atoms with van der Waals surface area (Å²) < 4.78 is 0. The summed E-state index contributed by atoms with van der Waals surface area (Å²) in [5.74, 6) is 0. The summed E-state index contributed by atoms with van der Waals surface area (Å²) in [5, 5.41) is 0. The summed E-state index contributed by atoms with van der Waals surface area (Å²) in [7, 11) is 2.25. The molecule has 1 unspecified atom stereocenters. The van der Waals surface area contributed by atoms with Crippen molar-refractivity contribution in [2.24, 2.45) is 0 Å². The van der Waals surface area contributed by atoms with E-state index in [4.69, 9.17) is 0 Å². The second-order valence-corrected chi connectivity index (χ2v) is 8.19. The van der Waals surface area contributed by atoms with E-state index in [1.165, 1.54) is 11.7 Å². The van der Waals surface area contributed by atoms with Gasteiger partial charge in [-0.25, -0.2) is 0 Å². The Morgan fingerprint density at radius 1 is 2.00 bits per heavy atom. The van der Waals surface area contributed by atoms with Crippen molar-refractivity contribution in [2.45, 2.75) is 6.92 Å². The third-order valence-corrected chi connectivity index (χ3v) is 2.49. The largest absolute Gasteiger partial charge is 0.147 e. The smallest absolute Gasteiger partial charge is 0.0998 e. The molecule has 0 spiro atoms. The lowest BCUT2D eigenvalue weighted by Gasteiger charge is -1.99. The Morgan fingerprint density at radius 3 is 2.43 bits per heavy atom. The molecule has 0 radical (unpaired) electrons. The summed E-state index contributed by atoms with van der Waals surface area (Å²) in [6, 6.07) is 0. The zero-order valence-corrected chi connectivity index (χ0v) is 7.79. The van der Waals surface area contributed by atoms with Crippen molar-refractivity contribution in [2.75, 3.05) is 6.16 Å². The Labute approximate surface area is 60.4 Å². The van der Waals surface area contributed by atoms with Gasteiger partial charge in [0, 0.05) is 0 Å². The molecule has 0 aromatic carbocycles. The van der Waals surface area contributed by atoms with E-state index in [0.717, 1.165) is 0 Å². The molecule has 40 valence electrons. The Kier molecular flexibility index (Phi) is 4.44. The maximum Gasteiger partial charge on any atom is 0.147 e. The Balaban J connectivity index is 3.13. The van der Waals surface area contributed by atoms with Crippen LogP contribution in [0, 0.1) is 0 Å². The van der Waals surface area contributed by atoms with Crippen LogP contribution in [0.2, 0.25) is 0 Å². The number of allylic oxidation sites excluding steroid dienone is 1. The summed E-state index contributed by atoms with van der Waals surface area (Å²) in [5.41, 5.74) is 1.54. The molecular formula is C4H9BIP. The molecule has 0 aromatic rings. The molecular weight excluding hydrogens is 217 g/mol. The highest BCUT2D eigenvalue weighted by molar-refractivity contribution is 14.2. The van der Waals surface area contributed by atoms with Crippen molar-refractivity contribution >= 4 is 35.0 Å². The second-order valence-electron chi connectivity index (χ2n) is 1.72. The van der Waals surface area contributed by atoms with Gasteiger partial charge in [0.25, 0.3) is 0 Å². The molecule has 0 aliphatic carbocycles. The highest BCUT2D eigenvalue weighted by Crippen LogP contribution is 2.40. The van der Waals surface area contributed by atoms with E-state index in [1.54, 1.807) is 0 Å². The predicted octanol–water partition coefficient (Wildman–Crippen LogP) is 1.94. The van der Waals surface area contributed by atoms with E-state index in [2.05, 4.69) is 43.1 Å². The van der Waals surface area contributed by atoms with E-state index in [9.17, 15) is 0 Å². The fourth-order valence-electron chi connectivity index (χ4n) is 0.372. The van der Waals surface area contributed by atoms with Crippen LogP contribution in [-0.4, -0.2) is 13.7 Å². The first-order valence-corrected chi connectivity index (χ1v) is 6.90. The lowest BCUT2D eigenvalue weighted by molar-refractivity contribution is 1.44. The summed E-state index contributed by atoms with van der Waals surface area (Å²) >= 11 is 2.46. The molecule has 0 saturated carbocycles. The fourth-order valence-corrected chi connectivity index (χ4v) is 2.86. The first kappa shape index (κ1) is 7.96. The van der Waals surface area contributed by atoms with Gasteiger partial charge in [0.15, 0.2) is 0 Å². The van der Waals surface area contributed by atoms with Gasteiger partial charge < -0.3 is 0 Å². The maximum absolute atomic E-state index is 3.81. The van der Waals surface area contributed by atoms with Crippen LogP contribution in [0.3, 0.4) is 0 Å². The number of hydrogen-bond donors (Lipinski definition) is 0. The van der Waals surface area contributed by atoms with E-state index in [0.29, 0.717) is 0 Å². The molecule has 0 amide bonds. The van der Waals surface area contributed by atoms with Crippen LogP contribution in [0.5, 0.6) is 0 Å². The highest BCUT2D eigenvalue weighted by atomic mass is 127. The molecule has 7 heavy (non-hydrogen) atoms. The maximum atomic E-state index is 3.81. The molecule has 0 aliphatic heterocycles. The quantitative estimate of drug-likeness (QED) is 0.292. The van der Waals surface area contributed by atoms with E-state index in [-0.39, 0.29) is 5.44 Å². The van der Waals surface area contributed by atoms with Gasteiger partial charge in [-0.15, -0.1) is 0 Å². The average molecular weight is 226 g/mol. The minimum absolute atomic E-state index is 0.231. The van der Waals surface area contributed by atoms with Crippen LogP contribution in [0.25, 0.3) is 0 Å². The zero-order valence-electron chi connectivity index (χ0n) is 4.74. The SMILES string of the molecule is BP(I)CC(=C)C. The molecule has 0 aliphatic rings. The second kappa shape index (κ2) is 3.91. The molecule has 3 heteroatoms. The topological polar surface area (TPSA) is 0 Å². The van der Waals surface area contributed by atoms with Crippen molar-refractivity contribution in [1.82, 2.24) is 0 Å². The minimum Gasteiger partial charge on any atom is -0.0998 e. The third-order valence-electron chi connectivity index (χ3n) is 0.488. The lowest BCUT2D eigenvalue weighted by Crippen LogP contribution is -1.75. The fraction of sp³-hybridized carbons (Fsp3) is 0.500. The van der Waals surface area contributed by atoms with Crippen molar-refractivity contribution in [3.05, 3.63) is 12.2 Å². The summed E-state index contributed by atoms with van der Waals surface area (Å²) in [6.45, 7) is 5.89. The summed E-state index contributed by atoms with van der Waals surface area (Å²) in [4.78, 5) is 0. The number of halogens is 1. The van der Waals surface area contributed by atoms with Gasteiger partial charge in [-0.2, -0.15) is 0 Å². The molecule has 1 atom stereocenters. The van der Waals surface area contributed by atoms with E-state index < -0.39 is 0 Å². The van der Waals surface area contributed by atoms with Crippen molar-refractivity contribution in [3.63, 3.8) is 0 Å². The van der Waals surface area contributed by atoms with Gasteiger partial charge in [-0.1, -0.05) is 39.6 Å². The van der Waals surface area contributed by atoms with Crippen LogP contribution < -0.4 is 0 Å². The van der Waals surface area contributed by atoms with Gasteiger partial charge >= 0.3 is 0 Å². The Hall–Kier alpha value is 0.965. The average Bonchev–Trinajstić information content (AvgIpc) is 1.27. The van der Waals surface area contributed by atoms with Gasteiger partial charge in [0.1, 0.15) is 7.57 Å². The van der Waals surface area contributed by atoms with Crippen LogP contribution in [-0.2, 0) is 0 Å². The highest BCUT2D eigenvalue weighted by Gasteiger charge is 1.91. The van der Waals surface area contributed by atoms with Gasteiger partial charge in [-0.05, 0) is 13.1 Å². The first-order valence-electron chi connectivity index (χ1n) is 2.14. The van der Waals surface area contributed by atoms with E-state index >= 15 is 0 Å². The molecule has 0 heterocycles. The molecule has 0 nitrogen and oxygen atoms in total. The monoisotopic (exact) mass is 226 g/mol. The Morgan fingerprint density at radius 2 is 2.43 bits per heavy atom. The molecule has 0 aromatic heterocycles. The molecule has 0 saturated heterocycles. The van der Waals surface area contributed by atoms with Crippen molar-refractivity contribution in [3.8, 4) is 0 Å². The molecule has 0 rings (SSSR count). The van der Waals surface area contributed by atoms with Crippen LogP contribution in [0.15, 0.2) is 12.2 Å². The molecule has 0 bridgehead atoms. The minimum atomic E-state index is 0.231. The van der Waals surface area contributed by atoms with Crippen LogP contribution >= 0.6 is 27.5 Å². The molecule has 0 N–H and O–H groups in total. The van der Waals surface area contributed by atoms with E-state index in [1.807, 2.05) is 0 Å². The predicted molar refractivity (Wildman–Crippen MR) is 49.2 cm³/mol. The number of hydrogen-bond acceptors (Lipinski definition) is 0. The van der Waals surface area contributed by atoms with Crippen molar-refractivity contribution in [1.29, 1.82) is 0 Å². The lowest BCUT2D eigenvalue weighted by atomic mass is 10.4. The van der Waals surface area contributed by atoms with Crippen LogP contribution in [0.1, 0.15) is 6.92 Å². The molecule has 0 fully saturated rings. The summed E-state index contributed by atoms with van der Waals surface area (Å²) in [6.07, 6.45) is 1.22. The van der Waals surface area contributed by atoms with Gasteiger partial charge in [-0.3, -0.25) is 0 Å². The van der Waals surface area contributed by atoms with Crippen LogP contribution in [0.4, 0.5) is 0 Å². The first-order chi connectivity index (χ1) is 3.13. The third kappa shape index (κ3) is 6.96. The van der Waals surface area contributed by atoms with Crippen molar-refractivity contribution < 1.29 is 0 Å². The number of rotatable bonds is 2. The van der Waals surface area contributed by atoms with Gasteiger partial charge in [0.05, 0.1) is 0 Å². The standard InChI is InChI=1S/C4H9BIP/c1-4(2)3-7(5)6/h1,3,5H2,2H3. The van der Waals surface area contributed by atoms with Gasteiger partial charge in [0.2, 0.25) is 0 Å². The zero-order chi connectivity index (χ0) is 5.86. The Bertz CT molecular complexity index is 72.1.